The molecule has 3 rings (SSSR count). The third-order valence-corrected chi connectivity index (χ3v) is 4.73. The molecule has 23 heavy (non-hydrogen) atoms. The molecule has 3 heterocycles. The van der Waals surface area contributed by atoms with Crippen molar-refractivity contribution in [3.05, 3.63) is 30.1 Å². The van der Waals surface area contributed by atoms with Gasteiger partial charge >= 0.3 is 5.97 Å². The fourth-order valence-corrected chi connectivity index (χ4v) is 3.82. The van der Waals surface area contributed by atoms with E-state index in [-0.39, 0.29) is 12.0 Å². The molecule has 2 aliphatic heterocycles. The summed E-state index contributed by atoms with van der Waals surface area (Å²) in [5, 5.41) is 9.06. The van der Waals surface area contributed by atoms with Crippen LogP contribution >= 0.6 is 0 Å². The van der Waals surface area contributed by atoms with Crippen LogP contribution in [0.25, 0.3) is 0 Å². The van der Waals surface area contributed by atoms with Crippen LogP contribution in [-0.4, -0.2) is 71.8 Å². The smallest absolute Gasteiger partial charge is 0.317 e. The first-order valence-corrected chi connectivity index (χ1v) is 8.29. The largest absolute Gasteiger partial charge is 0.480 e. The SMILES string of the molecule is O=C(O)CN1CCC[C@]2(COCCN(Cc3ccccn3)C2)C1. The van der Waals surface area contributed by atoms with Crippen molar-refractivity contribution < 1.29 is 14.6 Å². The van der Waals surface area contributed by atoms with Crippen LogP contribution in [0.15, 0.2) is 24.4 Å². The van der Waals surface area contributed by atoms with Gasteiger partial charge < -0.3 is 9.84 Å². The third-order valence-electron chi connectivity index (χ3n) is 4.73. The summed E-state index contributed by atoms with van der Waals surface area (Å²) in [5.74, 6) is -0.748. The van der Waals surface area contributed by atoms with Crippen LogP contribution in [0.3, 0.4) is 0 Å². The zero-order valence-electron chi connectivity index (χ0n) is 13.5. The molecule has 2 saturated heterocycles. The number of aliphatic carboxylic acids is 1. The van der Waals surface area contributed by atoms with E-state index in [9.17, 15) is 4.79 Å². The Bertz CT molecular complexity index is 525. The minimum atomic E-state index is -0.748. The number of carbonyl (C=O) groups is 1. The lowest BCUT2D eigenvalue weighted by Gasteiger charge is -2.43. The number of piperidine rings is 1. The van der Waals surface area contributed by atoms with E-state index in [1.54, 1.807) is 0 Å². The van der Waals surface area contributed by atoms with Gasteiger partial charge in [0.2, 0.25) is 0 Å². The molecule has 0 aliphatic carbocycles. The zero-order valence-corrected chi connectivity index (χ0v) is 13.5. The molecular formula is C17H25N3O3. The molecule has 0 radical (unpaired) electrons. The second-order valence-electron chi connectivity index (χ2n) is 6.79. The van der Waals surface area contributed by atoms with Gasteiger partial charge in [0.05, 0.1) is 25.5 Å². The Morgan fingerprint density at radius 2 is 2.17 bits per heavy atom. The molecule has 2 aliphatic rings. The second kappa shape index (κ2) is 7.38. The van der Waals surface area contributed by atoms with E-state index in [0.717, 1.165) is 64.5 Å². The van der Waals surface area contributed by atoms with E-state index in [0.29, 0.717) is 0 Å². The Labute approximate surface area is 137 Å². The van der Waals surface area contributed by atoms with Gasteiger partial charge in [0.15, 0.2) is 0 Å². The minimum Gasteiger partial charge on any atom is -0.480 e. The van der Waals surface area contributed by atoms with E-state index >= 15 is 0 Å². The number of hydrogen-bond acceptors (Lipinski definition) is 5. The van der Waals surface area contributed by atoms with Gasteiger partial charge in [0.25, 0.3) is 0 Å². The fraction of sp³-hybridized carbons (Fsp3) is 0.647. The Morgan fingerprint density at radius 1 is 1.30 bits per heavy atom. The molecule has 1 aromatic heterocycles. The van der Waals surface area contributed by atoms with Crippen molar-refractivity contribution in [2.45, 2.75) is 19.4 Å². The van der Waals surface area contributed by atoms with E-state index in [1.165, 1.54) is 0 Å². The highest BCUT2D eigenvalue weighted by molar-refractivity contribution is 5.69. The third kappa shape index (κ3) is 4.50. The molecule has 1 N–H and O–H groups in total. The number of carboxylic acids is 1. The molecule has 1 spiro atoms. The van der Waals surface area contributed by atoms with Gasteiger partial charge in [-0.25, -0.2) is 0 Å². The first kappa shape index (κ1) is 16.4. The van der Waals surface area contributed by atoms with Crippen molar-refractivity contribution in [3.8, 4) is 0 Å². The number of carboxylic acid groups (broad SMARTS) is 1. The Morgan fingerprint density at radius 3 is 2.96 bits per heavy atom. The molecule has 6 heteroatoms. The summed E-state index contributed by atoms with van der Waals surface area (Å²) in [6.07, 6.45) is 3.96. The maximum Gasteiger partial charge on any atom is 0.317 e. The first-order chi connectivity index (χ1) is 11.2. The number of aromatic nitrogens is 1. The molecule has 0 unspecified atom stereocenters. The van der Waals surface area contributed by atoms with Crippen molar-refractivity contribution in [1.29, 1.82) is 0 Å². The van der Waals surface area contributed by atoms with Crippen LogP contribution in [0.2, 0.25) is 0 Å². The van der Waals surface area contributed by atoms with Crippen LogP contribution in [0.4, 0.5) is 0 Å². The summed E-state index contributed by atoms with van der Waals surface area (Å²) in [7, 11) is 0. The second-order valence-corrected chi connectivity index (χ2v) is 6.79. The van der Waals surface area contributed by atoms with Crippen molar-refractivity contribution >= 4 is 5.97 Å². The summed E-state index contributed by atoms with van der Waals surface area (Å²) < 4.78 is 5.87. The van der Waals surface area contributed by atoms with Gasteiger partial charge in [-0.05, 0) is 31.5 Å². The number of pyridine rings is 1. The average Bonchev–Trinajstić information content (AvgIpc) is 2.70. The van der Waals surface area contributed by atoms with Gasteiger partial charge in [0.1, 0.15) is 0 Å². The van der Waals surface area contributed by atoms with Gasteiger partial charge in [-0.3, -0.25) is 19.6 Å². The topological polar surface area (TPSA) is 65.9 Å². The fourth-order valence-electron chi connectivity index (χ4n) is 3.82. The molecule has 2 fully saturated rings. The normalized spacial score (nSPS) is 27.0. The Kier molecular flexibility index (Phi) is 5.25. The monoisotopic (exact) mass is 319 g/mol. The predicted molar refractivity (Wildman–Crippen MR) is 86.1 cm³/mol. The van der Waals surface area contributed by atoms with E-state index < -0.39 is 5.97 Å². The molecule has 6 nitrogen and oxygen atoms in total. The number of ether oxygens (including phenoxy) is 1. The summed E-state index contributed by atoms with van der Waals surface area (Å²) in [6, 6.07) is 6.00. The van der Waals surface area contributed by atoms with E-state index in [4.69, 9.17) is 9.84 Å². The summed E-state index contributed by atoms with van der Waals surface area (Å²) in [4.78, 5) is 19.9. The van der Waals surface area contributed by atoms with Crippen molar-refractivity contribution in [1.82, 2.24) is 14.8 Å². The van der Waals surface area contributed by atoms with Crippen LogP contribution < -0.4 is 0 Å². The zero-order chi connectivity index (χ0) is 16.1. The van der Waals surface area contributed by atoms with Gasteiger partial charge in [-0.1, -0.05) is 6.07 Å². The van der Waals surface area contributed by atoms with Gasteiger partial charge in [-0.15, -0.1) is 0 Å². The Balaban J connectivity index is 1.67. The van der Waals surface area contributed by atoms with E-state index in [1.807, 2.05) is 18.3 Å². The molecule has 1 aromatic rings. The van der Waals surface area contributed by atoms with Crippen LogP contribution in [0, 0.1) is 5.41 Å². The average molecular weight is 319 g/mol. The summed E-state index contributed by atoms with van der Waals surface area (Å²) in [5.41, 5.74) is 1.11. The maximum atomic E-state index is 11.0. The number of nitrogens with zero attached hydrogens (tertiary/aromatic N) is 3. The first-order valence-electron chi connectivity index (χ1n) is 8.29. The lowest BCUT2D eigenvalue weighted by Crippen LogP contribution is -2.51. The van der Waals surface area contributed by atoms with Crippen LogP contribution in [0.5, 0.6) is 0 Å². The molecule has 0 bridgehead atoms. The number of likely N-dealkylation sites (tertiary alicyclic amines) is 1. The standard InChI is InChI=1S/C17H25N3O3/c21-16(22)11-19-7-3-5-17(12-19)13-20(8-9-23-14-17)10-15-4-1-2-6-18-15/h1-2,4,6H,3,5,7-14H2,(H,21,22)/t17-/m0/s1. The highest BCUT2D eigenvalue weighted by atomic mass is 16.5. The van der Waals surface area contributed by atoms with Gasteiger partial charge in [0, 0.05) is 37.8 Å². The molecule has 1 atom stereocenters. The molecule has 0 amide bonds. The minimum absolute atomic E-state index is 0.0407. The van der Waals surface area contributed by atoms with Crippen molar-refractivity contribution in [2.75, 3.05) is 45.9 Å². The molecule has 0 saturated carbocycles. The van der Waals surface area contributed by atoms with Crippen molar-refractivity contribution in [3.63, 3.8) is 0 Å². The summed E-state index contributed by atoms with van der Waals surface area (Å²) >= 11 is 0. The van der Waals surface area contributed by atoms with Crippen molar-refractivity contribution in [2.24, 2.45) is 5.41 Å². The van der Waals surface area contributed by atoms with Crippen LogP contribution in [-0.2, 0) is 16.1 Å². The predicted octanol–water partition coefficient (Wildman–Crippen LogP) is 1.08. The highest BCUT2D eigenvalue weighted by Crippen LogP contribution is 2.33. The lowest BCUT2D eigenvalue weighted by molar-refractivity contribution is -0.139. The summed E-state index contributed by atoms with van der Waals surface area (Å²) in [6.45, 7) is 5.92. The quantitative estimate of drug-likeness (QED) is 0.896. The number of hydrogen-bond donors (Lipinski definition) is 1. The highest BCUT2D eigenvalue weighted by Gasteiger charge is 2.39. The van der Waals surface area contributed by atoms with E-state index in [2.05, 4.69) is 20.9 Å². The van der Waals surface area contributed by atoms with Gasteiger partial charge in [-0.2, -0.15) is 0 Å². The Hall–Kier alpha value is -1.50. The number of rotatable bonds is 4. The molecule has 126 valence electrons. The van der Waals surface area contributed by atoms with Crippen LogP contribution in [0.1, 0.15) is 18.5 Å². The molecular weight excluding hydrogens is 294 g/mol. The molecule has 0 aromatic carbocycles. The maximum absolute atomic E-state index is 11.0. The lowest BCUT2D eigenvalue weighted by atomic mass is 9.80.